The van der Waals surface area contributed by atoms with E-state index in [1.54, 1.807) is 18.7 Å². The summed E-state index contributed by atoms with van der Waals surface area (Å²) in [6.45, 7) is 7.99. The molecule has 106 valence electrons. The fraction of sp³-hybridized carbons (Fsp3) is 0.533. The van der Waals surface area contributed by atoms with Gasteiger partial charge in [0.2, 0.25) is 0 Å². The summed E-state index contributed by atoms with van der Waals surface area (Å²) in [5.41, 5.74) is 7.58. The van der Waals surface area contributed by atoms with E-state index < -0.39 is 5.54 Å². The van der Waals surface area contributed by atoms with Crippen LogP contribution < -0.4 is 5.73 Å². The Balaban J connectivity index is 2.70. The first-order valence-electron chi connectivity index (χ1n) is 6.37. The Bertz CT molecular complexity index is 457. The third-order valence-corrected chi connectivity index (χ3v) is 4.30. The molecule has 0 heterocycles. The molecule has 1 rings (SSSR count). The lowest BCUT2D eigenvalue weighted by molar-refractivity contribution is -0.146. The molecule has 0 saturated heterocycles. The lowest BCUT2D eigenvalue weighted by atomic mass is 9.98. The average molecular weight is 281 g/mol. The fourth-order valence-corrected chi connectivity index (χ4v) is 3.36. The van der Waals surface area contributed by atoms with Crippen LogP contribution in [0.3, 0.4) is 0 Å². The Labute approximate surface area is 119 Å². The number of thioether (sulfide) groups is 1. The molecule has 0 aromatic heterocycles. The van der Waals surface area contributed by atoms with E-state index in [9.17, 15) is 4.79 Å². The highest BCUT2D eigenvalue weighted by molar-refractivity contribution is 8.00. The van der Waals surface area contributed by atoms with Gasteiger partial charge in [0.1, 0.15) is 5.54 Å². The molecule has 1 aromatic rings. The summed E-state index contributed by atoms with van der Waals surface area (Å²) in [4.78, 5) is 12.8. The van der Waals surface area contributed by atoms with Crippen LogP contribution in [0.25, 0.3) is 0 Å². The second-order valence-electron chi connectivity index (χ2n) is 5.31. The molecule has 0 aliphatic carbocycles. The predicted octanol–water partition coefficient (Wildman–Crippen LogP) is 3.06. The molecule has 0 fully saturated rings. The number of carbonyl (C=O) groups is 1. The lowest BCUT2D eigenvalue weighted by Gasteiger charge is -2.25. The zero-order valence-corrected chi connectivity index (χ0v) is 13.1. The molecule has 0 saturated carbocycles. The summed E-state index contributed by atoms with van der Waals surface area (Å²) in [5.74, 6) is -0.361. The van der Waals surface area contributed by atoms with E-state index in [4.69, 9.17) is 10.5 Å². The minimum Gasteiger partial charge on any atom is -0.468 e. The van der Waals surface area contributed by atoms with E-state index >= 15 is 0 Å². The molecule has 0 bridgehead atoms. The van der Waals surface area contributed by atoms with Crippen molar-refractivity contribution in [3.8, 4) is 0 Å². The number of esters is 1. The van der Waals surface area contributed by atoms with Crippen molar-refractivity contribution in [1.82, 2.24) is 0 Å². The number of rotatable bonds is 5. The third kappa shape index (κ3) is 4.55. The molecule has 3 nitrogen and oxygen atoms in total. The molecular formula is C15H23NO2S. The Morgan fingerprint density at radius 1 is 1.47 bits per heavy atom. The second kappa shape index (κ2) is 6.44. The summed E-state index contributed by atoms with van der Waals surface area (Å²) < 4.78 is 4.73. The molecule has 0 aliphatic heterocycles. The van der Waals surface area contributed by atoms with Gasteiger partial charge in [0.25, 0.3) is 0 Å². The van der Waals surface area contributed by atoms with Gasteiger partial charge in [0.15, 0.2) is 0 Å². The van der Waals surface area contributed by atoms with Gasteiger partial charge in [-0.3, -0.25) is 4.79 Å². The minimum absolute atomic E-state index is 0.246. The molecule has 0 amide bonds. The van der Waals surface area contributed by atoms with Crippen LogP contribution in [0, 0.1) is 13.8 Å². The number of hydrogen-bond acceptors (Lipinski definition) is 4. The molecule has 19 heavy (non-hydrogen) atoms. The molecule has 2 atom stereocenters. The number of nitrogens with two attached hydrogens (primary N) is 1. The van der Waals surface area contributed by atoms with Crippen LogP contribution in [0.2, 0.25) is 0 Å². The van der Waals surface area contributed by atoms with E-state index in [1.165, 1.54) is 23.1 Å². The largest absolute Gasteiger partial charge is 0.468 e. The van der Waals surface area contributed by atoms with Crippen molar-refractivity contribution >= 4 is 17.7 Å². The van der Waals surface area contributed by atoms with Crippen LogP contribution in [-0.4, -0.2) is 23.9 Å². The van der Waals surface area contributed by atoms with Crippen molar-refractivity contribution in [3.05, 3.63) is 29.3 Å². The first-order valence-corrected chi connectivity index (χ1v) is 7.25. The summed E-state index contributed by atoms with van der Waals surface area (Å²) in [5, 5.41) is 0.246. The summed E-state index contributed by atoms with van der Waals surface area (Å²) in [7, 11) is 1.37. The van der Waals surface area contributed by atoms with Gasteiger partial charge >= 0.3 is 5.97 Å². The van der Waals surface area contributed by atoms with Gasteiger partial charge in [-0.2, -0.15) is 0 Å². The Morgan fingerprint density at radius 3 is 2.63 bits per heavy atom. The first kappa shape index (κ1) is 16.1. The standard InChI is InChI=1S/C15H23NO2S/c1-10-6-7-13(11(2)8-10)19-12(3)9-15(4,16)14(17)18-5/h6-8,12H,9,16H2,1-5H3. The molecule has 2 unspecified atom stereocenters. The molecular weight excluding hydrogens is 258 g/mol. The maximum absolute atomic E-state index is 11.6. The summed E-state index contributed by atoms with van der Waals surface area (Å²) >= 11 is 1.75. The Kier molecular flexibility index (Phi) is 5.44. The molecule has 0 aliphatic rings. The number of methoxy groups -OCH3 is 1. The third-order valence-electron chi connectivity index (χ3n) is 3.02. The number of hydrogen-bond donors (Lipinski definition) is 1. The van der Waals surface area contributed by atoms with E-state index in [1.807, 2.05) is 0 Å². The van der Waals surface area contributed by atoms with Gasteiger partial charge in [-0.25, -0.2) is 0 Å². The minimum atomic E-state index is -0.931. The van der Waals surface area contributed by atoms with E-state index in [0.717, 1.165) is 0 Å². The van der Waals surface area contributed by atoms with Crippen molar-refractivity contribution in [2.75, 3.05) is 7.11 Å². The van der Waals surface area contributed by atoms with Crippen LogP contribution in [0.5, 0.6) is 0 Å². The van der Waals surface area contributed by atoms with Crippen LogP contribution in [0.1, 0.15) is 31.4 Å². The van der Waals surface area contributed by atoms with Gasteiger partial charge in [0.05, 0.1) is 7.11 Å². The highest BCUT2D eigenvalue weighted by Gasteiger charge is 2.31. The van der Waals surface area contributed by atoms with Crippen LogP contribution in [0.4, 0.5) is 0 Å². The normalized spacial score (nSPS) is 15.7. The first-order chi connectivity index (χ1) is 8.76. The van der Waals surface area contributed by atoms with Crippen molar-refractivity contribution < 1.29 is 9.53 Å². The van der Waals surface area contributed by atoms with Gasteiger partial charge in [0, 0.05) is 10.1 Å². The van der Waals surface area contributed by atoms with Crippen molar-refractivity contribution in [2.45, 2.75) is 49.8 Å². The zero-order valence-electron chi connectivity index (χ0n) is 12.3. The summed E-state index contributed by atoms with van der Waals surface area (Å²) in [6.07, 6.45) is 0.581. The molecule has 0 spiro atoms. The number of ether oxygens (including phenoxy) is 1. The van der Waals surface area contributed by atoms with E-state index in [-0.39, 0.29) is 11.2 Å². The molecule has 2 N–H and O–H groups in total. The average Bonchev–Trinajstić information content (AvgIpc) is 2.31. The van der Waals surface area contributed by atoms with Crippen LogP contribution >= 0.6 is 11.8 Å². The zero-order chi connectivity index (χ0) is 14.6. The second-order valence-corrected chi connectivity index (χ2v) is 6.79. The highest BCUT2D eigenvalue weighted by atomic mass is 32.2. The van der Waals surface area contributed by atoms with Crippen molar-refractivity contribution in [1.29, 1.82) is 0 Å². The number of aryl methyl sites for hydroxylation is 2. The number of carbonyl (C=O) groups excluding carboxylic acids is 1. The van der Waals surface area contributed by atoms with Crippen molar-refractivity contribution in [3.63, 3.8) is 0 Å². The fourth-order valence-electron chi connectivity index (χ4n) is 2.10. The topological polar surface area (TPSA) is 52.3 Å². The SMILES string of the molecule is COC(=O)C(C)(N)CC(C)Sc1ccc(C)cc1C. The van der Waals surface area contributed by atoms with Gasteiger partial charge in [-0.15, -0.1) is 11.8 Å². The van der Waals surface area contributed by atoms with Crippen molar-refractivity contribution in [2.24, 2.45) is 5.73 Å². The lowest BCUT2D eigenvalue weighted by Crippen LogP contribution is -2.47. The quantitative estimate of drug-likeness (QED) is 0.665. The highest BCUT2D eigenvalue weighted by Crippen LogP contribution is 2.31. The molecule has 4 heteroatoms. The van der Waals surface area contributed by atoms with Crippen LogP contribution in [-0.2, 0) is 9.53 Å². The number of benzene rings is 1. The van der Waals surface area contributed by atoms with E-state index in [0.29, 0.717) is 6.42 Å². The van der Waals surface area contributed by atoms with Gasteiger partial charge in [-0.05, 0) is 38.8 Å². The Morgan fingerprint density at radius 2 is 2.11 bits per heavy atom. The van der Waals surface area contributed by atoms with Crippen LogP contribution in [0.15, 0.2) is 23.1 Å². The molecule has 1 aromatic carbocycles. The van der Waals surface area contributed by atoms with Gasteiger partial charge in [-0.1, -0.05) is 24.6 Å². The maximum atomic E-state index is 11.6. The monoisotopic (exact) mass is 281 g/mol. The summed E-state index contributed by atoms with van der Waals surface area (Å²) in [6, 6.07) is 6.39. The Hall–Kier alpha value is -1.00. The molecule has 0 radical (unpaired) electrons. The maximum Gasteiger partial charge on any atom is 0.325 e. The smallest absolute Gasteiger partial charge is 0.325 e. The predicted molar refractivity (Wildman–Crippen MR) is 80.5 cm³/mol. The van der Waals surface area contributed by atoms with E-state index in [2.05, 4.69) is 39.0 Å². The van der Waals surface area contributed by atoms with Gasteiger partial charge < -0.3 is 10.5 Å².